The molecule has 0 spiro atoms. The molecule has 0 heterocycles. The van der Waals surface area contributed by atoms with Crippen LogP contribution in [0.2, 0.25) is 0 Å². The van der Waals surface area contributed by atoms with Crippen LogP contribution in [0.25, 0.3) is 0 Å². The van der Waals surface area contributed by atoms with Crippen molar-refractivity contribution in [2.45, 2.75) is 0 Å². The van der Waals surface area contributed by atoms with Gasteiger partial charge >= 0.3 is 51.3 Å². The molecule has 0 unspecified atom stereocenters. The van der Waals surface area contributed by atoms with E-state index in [0.29, 0.717) is 0 Å². The second-order valence-electron chi connectivity index (χ2n) is 1.33. The average molecular weight is 155 g/mol. The van der Waals surface area contributed by atoms with Gasteiger partial charge in [-0.3, -0.25) is 0 Å². The molecule has 34 valence electrons. The first-order valence-electron chi connectivity index (χ1n) is 2.08. The molecule has 0 nitrogen and oxygen atoms in total. The Labute approximate surface area is 51.8 Å². The van der Waals surface area contributed by atoms with E-state index >= 15 is 0 Å². The van der Waals surface area contributed by atoms with E-state index in [-0.39, 0.29) is 0 Å². The molecule has 0 radical (unpaired) electrons. The van der Waals surface area contributed by atoms with Gasteiger partial charge in [-0.1, -0.05) is 0 Å². The molecule has 1 aliphatic carbocycles. The maximum atomic E-state index is 3.21. The summed E-state index contributed by atoms with van der Waals surface area (Å²) in [4.78, 5) is 0. The van der Waals surface area contributed by atoms with Gasteiger partial charge in [0.1, 0.15) is 0 Å². The summed E-state index contributed by atoms with van der Waals surface area (Å²) >= 11 is 3.21. The zero-order valence-corrected chi connectivity index (χ0v) is 5.35. The molecule has 1 rings (SSSR count). The van der Waals surface area contributed by atoms with Crippen molar-refractivity contribution in [3.63, 3.8) is 0 Å². The maximum absolute atomic E-state index is 3.21. The fraction of sp³-hybridized carbons (Fsp3) is 0. The van der Waals surface area contributed by atoms with Crippen LogP contribution in [0.15, 0.2) is 24.3 Å². The number of rotatable bonds is 0. The molecule has 0 aromatic heterocycles. The summed E-state index contributed by atoms with van der Waals surface area (Å²) in [6.07, 6.45) is 8.09. The SMILES string of the molecule is BrB=C1C=CC=C1. The van der Waals surface area contributed by atoms with Gasteiger partial charge in [0.15, 0.2) is 0 Å². The van der Waals surface area contributed by atoms with E-state index in [9.17, 15) is 0 Å². The topological polar surface area (TPSA) is 0 Å². The Morgan fingerprint density at radius 3 is 2.14 bits per heavy atom. The molecule has 0 aromatic carbocycles. The van der Waals surface area contributed by atoms with Crippen LogP contribution in [-0.4, -0.2) is 11.2 Å². The summed E-state index contributed by atoms with van der Waals surface area (Å²) in [6.45, 7) is 0. The molecule has 7 heavy (non-hydrogen) atoms. The molecule has 1 aliphatic rings. The van der Waals surface area contributed by atoms with Crippen molar-refractivity contribution < 1.29 is 0 Å². The third kappa shape index (κ3) is 1.13. The normalized spacial score (nSPS) is 15.3. The average Bonchev–Trinajstić information content (AvgIpc) is 2.14. The van der Waals surface area contributed by atoms with Gasteiger partial charge in [0, 0.05) is 0 Å². The zero-order valence-electron chi connectivity index (χ0n) is 3.76. The van der Waals surface area contributed by atoms with Crippen molar-refractivity contribution in [2.24, 2.45) is 0 Å². The van der Waals surface area contributed by atoms with Gasteiger partial charge in [-0.05, 0) is 0 Å². The Hall–Kier alpha value is -0.105. The fourth-order valence-corrected chi connectivity index (χ4v) is 0.767. The van der Waals surface area contributed by atoms with Crippen LogP contribution in [-0.2, 0) is 0 Å². The molecule has 2 heteroatoms. The van der Waals surface area contributed by atoms with Crippen LogP contribution >= 0.6 is 15.8 Å². The molecular formula is C5H4BBr. The summed E-state index contributed by atoms with van der Waals surface area (Å²) in [5.74, 6) is 1.90. The second kappa shape index (κ2) is 2.27. The summed E-state index contributed by atoms with van der Waals surface area (Å²) in [7, 11) is 0. The van der Waals surface area contributed by atoms with E-state index in [0.717, 1.165) is 0 Å². The summed E-state index contributed by atoms with van der Waals surface area (Å²) in [6, 6.07) is 0. The molecule has 0 saturated heterocycles. The van der Waals surface area contributed by atoms with Crippen LogP contribution in [0, 0.1) is 0 Å². The van der Waals surface area contributed by atoms with E-state index in [1.54, 1.807) is 0 Å². The van der Waals surface area contributed by atoms with E-state index < -0.39 is 0 Å². The Morgan fingerprint density at radius 2 is 1.86 bits per heavy atom. The summed E-state index contributed by atoms with van der Waals surface area (Å²) in [5, 5.41) is 0. The first-order chi connectivity index (χ1) is 3.43. The van der Waals surface area contributed by atoms with Crippen molar-refractivity contribution in [3.05, 3.63) is 24.3 Å². The Morgan fingerprint density at radius 1 is 1.29 bits per heavy atom. The third-order valence-electron chi connectivity index (χ3n) is 0.814. The second-order valence-corrected chi connectivity index (χ2v) is 1.79. The monoisotopic (exact) mass is 154 g/mol. The molecule has 0 fully saturated rings. The van der Waals surface area contributed by atoms with Gasteiger partial charge in [-0.15, -0.1) is 0 Å². The molecule has 0 bridgehead atoms. The number of hydrogen-bond donors (Lipinski definition) is 0. The van der Waals surface area contributed by atoms with Crippen LogP contribution in [0.3, 0.4) is 0 Å². The number of hydrogen-bond acceptors (Lipinski definition) is 0. The minimum absolute atomic E-state index is 1.22. The van der Waals surface area contributed by atoms with Crippen LogP contribution in [0.4, 0.5) is 0 Å². The van der Waals surface area contributed by atoms with Crippen molar-refractivity contribution in [1.82, 2.24) is 0 Å². The molecule has 0 aliphatic heterocycles. The van der Waals surface area contributed by atoms with Gasteiger partial charge in [0.25, 0.3) is 0 Å². The third-order valence-corrected chi connectivity index (χ3v) is 1.34. The van der Waals surface area contributed by atoms with Gasteiger partial charge in [-0.25, -0.2) is 0 Å². The van der Waals surface area contributed by atoms with Gasteiger partial charge in [0.2, 0.25) is 0 Å². The van der Waals surface area contributed by atoms with Gasteiger partial charge in [0.05, 0.1) is 0 Å². The van der Waals surface area contributed by atoms with E-state index in [4.69, 9.17) is 0 Å². The summed E-state index contributed by atoms with van der Waals surface area (Å²) in [5.41, 5.74) is 1.22. The van der Waals surface area contributed by atoms with Crippen molar-refractivity contribution in [2.75, 3.05) is 0 Å². The van der Waals surface area contributed by atoms with Crippen LogP contribution in [0.5, 0.6) is 0 Å². The van der Waals surface area contributed by atoms with Crippen LogP contribution in [0.1, 0.15) is 0 Å². The van der Waals surface area contributed by atoms with Gasteiger partial charge in [-0.2, -0.15) is 0 Å². The predicted molar refractivity (Wildman–Crippen MR) is 38.0 cm³/mol. The summed E-state index contributed by atoms with van der Waals surface area (Å²) < 4.78 is 0. The Balaban J connectivity index is 2.79. The van der Waals surface area contributed by atoms with E-state index in [1.807, 2.05) is 30.0 Å². The molecular weight excluding hydrogens is 151 g/mol. The Bertz CT molecular complexity index is 130. The Kier molecular flexibility index (Phi) is 1.63. The number of allylic oxidation sites excluding steroid dienone is 4. The predicted octanol–water partition coefficient (Wildman–Crippen LogP) is 1.30. The van der Waals surface area contributed by atoms with E-state index in [1.165, 1.54) is 5.46 Å². The zero-order chi connectivity index (χ0) is 5.11. The molecule has 0 amide bonds. The van der Waals surface area contributed by atoms with Crippen molar-refractivity contribution >= 4 is 27.0 Å². The fourth-order valence-electron chi connectivity index (χ4n) is 0.462. The van der Waals surface area contributed by atoms with Crippen molar-refractivity contribution in [1.29, 1.82) is 0 Å². The van der Waals surface area contributed by atoms with Crippen LogP contribution < -0.4 is 0 Å². The first-order valence-corrected chi connectivity index (χ1v) is 3.00. The molecule has 0 atom stereocenters. The first kappa shape index (κ1) is 5.04. The molecule has 0 aromatic rings. The number of halogens is 1. The molecule has 0 N–H and O–H groups in total. The quantitative estimate of drug-likeness (QED) is 0.462. The molecule has 0 saturated carbocycles. The minimum atomic E-state index is 1.22. The van der Waals surface area contributed by atoms with E-state index in [2.05, 4.69) is 15.8 Å². The van der Waals surface area contributed by atoms with Crippen molar-refractivity contribution in [3.8, 4) is 0 Å². The van der Waals surface area contributed by atoms with Gasteiger partial charge < -0.3 is 0 Å². The standard InChI is InChI=1S/C5H4BBr/c7-6-5-3-1-2-4-5/h1-4H.